The van der Waals surface area contributed by atoms with Crippen molar-refractivity contribution in [3.8, 4) is 0 Å². The van der Waals surface area contributed by atoms with Crippen molar-refractivity contribution in [1.82, 2.24) is 0 Å². The van der Waals surface area contributed by atoms with Crippen molar-refractivity contribution in [2.75, 3.05) is 20.4 Å². The molecule has 2 radical (unpaired) electrons. The van der Waals surface area contributed by atoms with Crippen molar-refractivity contribution in [2.45, 2.75) is 25.1 Å². The lowest BCUT2D eigenvalue weighted by Gasteiger charge is -2.19. The minimum Gasteiger partial charge on any atom is -0.382 e. The second kappa shape index (κ2) is 5.30. The maximum atomic E-state index is 5.76. The van der Waals surface area contributed by atoms with Crippen LogP contribution < -0.4 is 0 Å². The fraction of sp³-hybridized carbons (Fsp3) is 1.00. The highest BCUT2D eigenvalue weighted by molar-refractivity contribution is 7.31. The van der Waals surface area contributed by atoms with Gasteiger partial charge in [0.25, 0.3) is 0 Å². The zero-order valence-corrected chi connectivity index (χ0v) is 9.32. The second-order valence-electron chi connectivity index (χ2n) is 3.24. The van der Waals surface area contributed by atoms with Crippen LogP contribution in [0.1, 0.15) is 6.92 Å². The van der Waals surface area contributed by atoms with Crippen molar-refractivity contribution >= 4 is 16.7 Å². The van der Waals surface area contributed by atoms with Gasteiger partial charge in [0.15, 0.2) is 0 Å². The van der Waals surface area contributed by atoms with Crippen LogP contribution >= 0.6 is 8.81 Å². The summed E-state index contributed by atoms with van der Waals surface area (Å²) in [6.45, 7) is 4.60. The van der Waals surface area contributed by atoms with E-state index in [1.165, 1.54) is 0 Å². The molecule has 0 aromatic heterocycles. The van der Waals surface area contributed by atoms with Gasteiger partial charge in [-0.05, 0) is 6.66 Å². The molecule has 1 fully saturated rings. The van der Waals surface area contributed by atoms with E-state index in [1.54, 1.807) is 7.11 Å². The first-order chi connectivity index (χ1) is 6.20. The number of rotatable bonds is 4. The molecule has 1 saturated heterocycles. The van der Waals surface area contributed by atoms with Gasteiger partial charge in [-0.25, -0.2) is 0 Å². The molecular formula is C8H16BO3P. The topological polar surface area (TPSA) is 27.7 Å². The Morgan fingerprint density at radius 3 is 2.77 bits per heavy atom. The summed E-state index contributed by atoms with van der Waals surface area (Å²) >= 11 is 0. The molecule has 0 N–H and O–H groups in total. The predicted octanol–water partition coefficient (Wildman–Crippen LogP) is 0.771. The lowest BCUT2D eigenvalue weighted by molar-refractivity contribution is -0.00720. The first-order valence-electron chi connectivity index (χ1n) is 4.43. The Morgan fingerprint density at radius 1 is 1.54 bits per heavy atom. The highest BCUT2D eigenvalue weighted by atomic mass is 31.1. The Labute approximate surface area is 82.8 Å². The molecule has 13 heavy (non-hydrogen) atoms. The number of hydrogen-bond donors (Lipinski definition) is 0. The maximum absolute atomic E-state index is 5.76. The average Bonchev–Trinajstić information content (AvgIpc) is 2.34. The van der Waals surface area contributed by atoms with Crippen molar-refractivity contribution in [2.24, 2.45) is 5.92 Å². The summed E-state index contributed by atoms with van der Waals surface area (Å²) < 4.78 is 16.1. The van der Waals surface area contributed by atoms with Gasteiger partial charge in [-0.3, -0.25) is 0 Å². The predicted molar refractivity (Wildman–Crippen MR) is 54.6 cm³/mol. The Bertz CT molecular complexity index is 158. The molecule has 0 aromatic rings. The van der Waals surface area contributed by atoms with Crippen molar-refractivity contribution in [3.63, 3.8) is 0 Å². The van der Waals surface area contributed by atoms with Gasteiger partial charge < -0.3 is 14.0 Å². The zero-order valence-electron chi connectivity index (χ0n) is 8.32. The van der Waals surface area contributed by atoms with E-state index >= 15 is 0 Å². The Balaban J connectivity index is 2.52. The molecule has 0 spiro atoms. The van der Waals surface area contributed by atoms with Crippen LogP contribution in [0.2, 0.25) is 0 Å². The number of hydrogen-bond acceptors (Lipinski definition) is 3. The first-order valence-corrected chi connectivity index (χ1v) is 5.84. The number of ether oxygens (including phenoxy) is 2. The van der Waals surface area contributed by atoms with Crippen molar-refractivity contribution in [1.29, 1.82) is 0 Å². The Hall–Kier alpha value is 0.375. The third-order valence-corrected chi connectivity index (χ3v) is 2.83. The first kappa shape index (κ1) is 11.4. The monoisotopic (exact) mass is 202 g/mol. The van der Waals surface area contributed by atoms with Crippen molar-refractivity contribution < 1.29 is 14.0 Å². The summed E-state index contributed by atoms with van der Waals surface area (Å²) in [5.74, 6) is 0.243. The van der Waals surface area contributed by atoms with E-state index in [1.807, 2.05) is 13.6 Å². The van der Waals surface area contributed by atoms with Gasteiger partial charge >= 0.3 is 0 Å². The molecule has 0 saturated carbocycles. The minimum atomic E-state index is -0.221. The van der Waals surface area contributed by atoms with Gasteiger partial charge in [-0.15, -0.1) is 0 Å². The normalized spacial score (nSPS) is 40.5. The molecule has 74 valence electrons. The SMILES string of the molecule is [B]C1OC(COC)C(OPC)C1C. The summed E-state index contributed by atoms with van der Waals surface area (Å²) in [7, 11) is 7.89. The van der Waals surface area contributed by atoms with E-state index in [2.05, 4.69) is 0 Å². The quantitative estimate of drug-likeness (QED) is 0.497. The minimum absolute atomic E-state index is 0.0116. The molecule has 5 atom stereocenters. The van der Waals surface area contributed by atoms with E-state index in [4.69, 9.17) is 21.8 Å². The molecule has 1 aliphatic rings. The van der Waals surface area contributed by atoms with Crippen LogP contribution in [-0.4, -0.2) is 46.4 Å². The smallest absolute Gasteiger partial charge is 0.109 e. The molecule has 5 heteroatoms. The van der Waals surface area contributed by atoms with Crippen LogP contribution in [0, 0.1) is 5.92 Å². The van der Waals surface area contributed by atoms with Crippen molar-refractivity contribution in [3.05, 3.63) is 0 Å². The van der Waals surface area contributed by atoms with Gasteiger partial charge in [0.05, 0.1) is 12.7 Å². The lowest BCUT2D eigenvalue weighted by Crippen LogP contribution is -2.30. The number of methoxy groups -OCH3 is 1. The molecule has 3 nitrogen and oxygen atoms in total. The van der Waals surface area contributed by atoms with E-state index in [-0.39, 0.29) is 24.1 Å². The van der Waals surface area contributed by atoms with Crippen LogP contribution in [0.3, 0.4) is 0 Å². The molecule has 0 amide bonds. The van der Waals surface area contributed by atoms with Crippen LogP contribution in [0.4, 0.5) is 0 Å². The second-order valence-corrected chi connectivity index (χ2v) is 3.88. The van der Waals surface area contributed by atoms with Gasteiger partial charge in [-0.2, -0.15) is 0 Å². The molecule has 1 rings (SSSR count). The third-order valence-electron chi connectivity index (χ3n) is 2.32. The molecule has 0 aliphatic carbocycles. The molecule has 0 bridgehead atoms. The van der Waals surface area contributed by atoms with Gasteiger partial charge in [0.2, 0.25) is 0 Å². The average molecular weight is 202 g/mol. The van der Waals surface area contributed by atoms with Gasteiger partial charge in [-0.1, -0.05) is 6.92 Å². The molecule has 5 unspecified atom stereocenters. The van der Waals surface area contributed by atoms with Gasteiger partial charge in [0.1, 0.15) is 14.0 Å². The Morgan fingerprint density at radius 2 is 2.23 bits per heavy atom. The molecule has 1 aliphatic heterocycles. The highest BCUT2D eigenvalue weighted by Gasteiger charge is 2.39. The lowest BCUT2D eigenvalue weighted by atomic mass is 9.86. The van der Waals surface area contributed by atoms with Crippen LogP contribution in [0.5, 0.6) is 0 Å². The fourth-order valence-electron chi connectivity index (χ4n) is 1.55. The standard InChI is InChI=1S/C8H16BO3P/c1-5-7(12-13-3)6(4-10-2)11-8(5)9/h5-8,13H,4H2,1-3H3. The molecule has 0 aromatic carbocycles. The van der Waals surface area contributed by atoms with Crippen LogP contribution in [-0.2, 0) is 14.0 Å². The summed E-state index contributed by atoms with van der Waals surface area (Å²) in [4.78, 5) is 0. The molecule has 1 heterocycles. The molecular weight excluding hydrogens is 186 g/mol. The van der Waals surface area contributed by atoms with Crippen LogP contribution in [0.15, 0.2) is 0 Å². The summed E-state index contributed by atoms with van der Waals surface area (Å²) in [5.41, 5.74) is 0. The third kappa shape index (κ3) is 2.66. The summed E-state index contributed by atoms with van der Waals surface area (Å²) in [5, 5.41) is 0. The Kier molecular flexibility index (Phi) is 4.67. The fourth-order valence-corrected chi connectivity index (χ4v) is 2.19. The van der Waals surface area contributed by atoms with E-state index < -0.39 is 0 Å². The van der Waals surface area contributed by atoms with Crippen LogP contribution in [0.25, 0.3) is 0 Å². The summed E-state index contributed by atoms with van der Waals surface area (Å²) in [6, 6.07) is -0.221. The van der Waals surface area contributed by atoms with E-state index in [0.29, 0.717) is 15.4 Å². The largest absolute Gasteiger partial charge is 0.382 e. The van der Waals surface area contributed by atoms with Gasteiger partial charge in [0, 0.05) is 27.8 Å². The summed E-state index contributed by atoms with van der Waals surface area (Å²) in [6.07, 6.45) is 0.0701. The highest BCUT2D eigenvalue weighted by Crippen LogP contribution is 2.31. The maximum Gasteiger partial charge on any atom is 0.109 e. The van der Waals surface area contributed by atoms with E-state index in [0.717, 1.165) is 0 Å². The van der Waals surface area contributed by atoms with E-state index in [9.17, 15) is 0 Å². The zero-order chi connectivity index (χ0) is 9.84.